The molecule has 0 aliphatic carbocycles. The maximum absolute atomic E-state index is 11.6. The number of rotatable bonds is 9. The molecule has 2 amide bonds. The van der Waals surface area contributed by atoms with Gasteiger partial charge in [0.2, 0.25) is 0 Å². The number of nitrogens with zero attached hydrogens (tertiary/aromatic N) is 1. The summed E-state index contributed by atoms with van der Waals surface area (Å²) in [6.45, 7) is 0.669. The van der Waals surface area contributed by atoms with Gasteiger partial charge in [-0.05, 0) is 5.56 Å². The number of esters is 1. The molecule has 0 aromatic heterocycles. The third-order valence-corrected chi connectivity index (χ3v) is 5.13. The van der Waals surface area contributed by atoms with E-state index >= 15 is 0 Å². The molecule has 1 aliphatic rings. The standard InChI is InChI=1S/C16H20N2O4S2/c19-14(11-22-15(20)10-18-7-9-24-16(18)21)17-6-8-23-12-13-4-2-1-3-5-13/h1-5H,6-12H2,(H,17,19). The van der Waals surface area contributed by atoms with Crippen LogP contribution in [0, 0.1) is 0 Å². The molecule has 8 heteroatoms. The molecule has 0 bridgehead atoms. The van der Waals surface area contributed by atoms with Gasteiger partial charge in [0.25, 0.3) is 11.1 Å². The number of hydrogen-bond acceptors (Lipinski definition) is 6. The molecule has 0 spiro atoms. The second kappa shape index (κ2) is 10.2. The summed E-state index contributed by atoms with van der Waals surface area (Å²) in [7, 11) is 0. The Morgan fingerprint density at radius 1 is 1.29 bits per heavy atom. The van der Waals surface area contributed by atoms with Crippen LogP contribution in [0.4, 0.5) is 4.79 Å². The van der Waals surface area contributed by atoms with Gasteiger partial charge in [-0.3, -0.25) is 14.4 Å². The molecule has 1 aromatic carbocycles. The van der Waals surface area contributed by atoms with Gasteiger partial charge in [0.05, 0.1) is 0 Å². The topological polar surface area (TPSA) is 75.7 Å². The molecule has 0 radical (unpaired) electrons. The van der Waals surface area contributed by atoms with Crippen molar-refractivity contribution in [2.45, 2.75) is 5.75 Å². The lowest BCUT2D eigenvalue weighted by molar-refractivity contribution is -0.148. The molecule has 1 saturated heterocycles. The van der Waals surface area contributed by atoms with Gasteiger partial charge in [-0.2, -0.15) is 11.8 Å². The van der Waals surface area contributed by atoms with Crippen molar-refractivity contribution in [3.8, 4) is 0 Å². The Hall–Kier alpha value is -1.67. The second-order valence-electron chi connectivity index (χ2n) is 5.08. The van der Waals surface area contributed by atoms with Crippen LogP contribution in [-0.2, 0) is 20.1 Å². The second-order valence-corrected chi connectivity index (χ2v) is 7.24. The minimum Gasteiger partial charge on any atom is -0.454 e. The molecular weight excluding hydrogens is 348 g/mol. The fourth-order valence-corrected chi connectivity index (χ4v) is 3.64. The zero-order chi connectivity index (χ0) is 17.2. The summed E-state index contributed by atoms with van der Waals surface area (Å²) in [5.41, 5.74) is 1.25. The van der Waals surface area contributed by atoms with Crippen LogP contribution >= 0.6 is 23.5 Å². The van der Waals surface area contributed by atoms with Crippen molar-refractivity contribution in [3.63, 3.8) is 0 Å². The van der Waals surface area contributed by atoms with Crippen molar-refractivity contribution in [1.82, 2.24) is 10.2 Å². The first-order valence-electron chi connectivity index (χ1n) is 7.61. The Labute approximate surface area is 149 Å². The molecule has 1 aromatic rings. The molecule has 0 atom stereocenters. The van der Waals surface area contributed by atoms with E-state index in [-0.39, 0.29) is 24.3 Å². The van der Waals surface area contributed by atoms with Crippen LogP contribution in [0.3, 0.4) is 0 Å². The predicted octanol–water partition coefficient (Wildman–Crippen LogP) is 1.75. The van der Waals surface area contributed by atoms with Gasteiger partial charge in [0.1, 0.15) is 6.54 Å². The van der Waals surface area contributed by atoms with Crippen molar-refractivity contribution >= 4 is 40.6 Å². The third kappa shape index (κ3) is 6.84. The number of carbonyl (C=O) groups excluding carboxylic acids is 3. The number of benzene rings is 1. The fraction of sp³-hybridized carbons (Fsp3) is 0.438. The Bertz CT molecular complexity index is 568. The average molecular weight is 368 g/mol. The van der Waals surface area contributed by atoms with Gasteiger partial charge in [-0.25, -0.2) is 0 Å². The van der Waals surface area contributed by atoms with Crippen LogP contribution in [0.5, 0.6) is 0 Å². The highest BCUT2D eigenvalue weighted by molar-refractivity contribution is 8.13. The monoisotopic (exact) mass is 368 g/mol. The number of hydrogen-bond donors (Lipinski definition) is 1. The molecule has 130 valence electrons. The van der Waals surface area contributed by atoms with Gasteiger partial charge >= 0.3 is 5.97 Å². The summed E-state index contributed by atoms with van der Waals surface area (Å²) >= 11 is 2.91. The smallest absolute Gasteiger partial charge is 0.326 e. The van der Waals surface area contributed by atoms with E-state index in [2.05, 4.69) is 17.4 Å². The van der Waals surface area contributed by atoms with Gasteiger partial charge in [0.15, 0.2) is 6.61 Å². The van der Waals surface area contributed by atoms with Crippen LogP contribution in [0.15, 0.2) is 30.3 Å². The minimum atomic E-state index is -0.556. The number of nitrogens with one attached hydrogen (secondary N) is 1. The van der Waals surface area contributed by atoms with Crippen molar-refractivity contribution in [1.29, 1.82) is 0 Å². The van der Waals surface area contributed by atoms with Gasteiger partial charge in [-0.1, -0.05) is 42.1 Å². The van der Waals surface area contributed by atoms with E-state index in [0.29, 0.717) is 18.8 Å². The van der Waals surface area contributed by atoms with E-state index in [1.54, 1.807) is 11.8 Å². The number of carbonyl (C=O) groups is 3. The Kier molecular flexibility index (Phi) is 7.97. The van der Waals surface area contributed by atoms with Crippen molar-refractivity contribution in [3.05, 3.63) is 35.9 Å². The summed E-state index contributed by atoms with van der Waals surface area (Å²) in [6, 6.07) is 10.1. The van der Waals surface area contributed by atoms with Gasteiger partial charge < -0.3 is 15.0 Å². The Balaban J connectivity index is 1.50. The van der Waals surface area contributed by atoms with Crippen LogP contribution in [0.2, 0.25) is 0 Å². The molecule has 24 heavy (non-hydrogen) atoms. The van der Waals surface area contributed by atoms with E-state index in [0.717, 1.165) is 11.5 Å². The van der Waals surface area contributed by atoms with Crippen LogP contribution in [0.1, 0.15) is 5.56 Å². The first-order chi connectivity index (χ1) is 11.6. The lowest BCUT2D eigenvalue weighted by atomic mass is 10.2. The molecule has 0 saturated carbocycles. The molecule has 1 aliphatic heterocycles. The van der Waals surface area contributed by atoms with E-state index in [9.17, 15) is 14.4 Å². The zero-order valence-corrected chi connectivity index (χ0v) is 14.9. The lowest BCUT2D eigenvalue weighted by Gasteiger charge is -2.13. The Morgan fingerprint density at radius 2 is 2.08 bits per heavy atom. The fourth-order valence-electron chi connectivity index (χ4n) is 1.99. The summed E-state index contributed by atoms with van der Waals surface area (Å²) < 4.78 is 4.88. The van der Waals surface area contributed by atoms with Crippen LogP contribution < -0.4 is 5.32 Å². The molecule has 1 N–H and O–H groups in total. The quantitative estimate of drug-likeness (QED) is 0.529. The highest BCUT2D eigenvalue weighted by Gasteiger charge is 2.24. The van der Waals surface area contributed by atoms with Gasteiger partial charge in [-0.15, -0.1) is 0 Å². The first-order valence-corrected chi connectivity index (χ1v) is 9.75. The third-order valence-electron chi connectivity index (χ3n) is 3.21. The highest BCUT2D eigenvalue weighted by Crippen LogP contribution is 2.16. The summed E-state index contributed by atoms with van der Waals surface area (Å²) in [5, 5.41) is 2.59. The van der Waals surface area contributed by atoms with Crippen LogP contribution in [-0.4, -0.2) is 59.8 Å². The summed E-state index contributed by atoms with van der Waals surface area (Å²) in [5.74, 6) is 1.49. The number of amides is 2. The lowest BCUT2D eigenvalue weighted by Crippen LogP contribution is -2.34. The van der Waals surface area contributed by atoms with E-state index in [4.69, 9.17) is 4.74 Å². The molecule has 1 fully saturated rings. The largest absolute Gasteiger partial charge is 0.454 e. The van der Waals surface area contributed by atoms with Crippen LogP contribution in [0.25, 0.3) is 0 Å². The molecular formula is C16H20N2O4S2. The van der Waals surface area contributed by atoms with E-state index < -0.39 is 5.97 Å². The zero-order valence-electron chi connectivity index (χ0n) is 13.2. The SMILES string of the molecule is O=C(COC(=O)CN1CCSC1=O)NCCSCc1ccccc1. The van der Waals surface area contributed by atoms with Gasteiger partial charge in [0, 0.05) is 30.3 Å². The number of ether oxygens (including phenoxy) is 1. The van der Waals surface area contributed by atoms with E-state index in [1.165, 1.54) is 22.2 Å². The normalized spacial score (nSPS) is 13.8. The highest BCUT2D eigenvalue weighted by atomic mass is 32.2. The van der Waals surface area contributed by atoms with Crippen molar-refractivity contribution < 1.29 is 19.1 Å². The summed E-state index contributed by atoms with van der Waals surface area (Å²) in [6.07, 6.45) is 0. The maximum atomic E-state index is 11.6. The molecule has 2 rings (SSSR count). The minimum absolute atomic E-state index is 0.0912. The Morgan fingerprint density at radius 3 is 2.79 bits per heavy atom. The van der Waals surface area contributed by atoms with Crippen molar-refractivity contribution in [2.24, 2.45) is 0 Å². The number of thioether (sulfide) groups is 2. The van der Waals surface area contributed by atoms with Crippen molar-refractivity contribution in [2.75, 3.05) is 37.7 Å². The first kappa shape index (κ1) is 18.7. The molecule has 1 heterocycles. The maximum Gasteiger partial charge on any atom is 0.326 e. The van der Waals surface area contributed by atoms with E-state index in [1.807, 2.05) is 18.2 Å². The molecule has 0 unspecified atom stereocenters. The predicted molar refractivity (Wildman–Crippen MR) is 96.0 cm³/mol. The summed E-state index contributed by atoms with van der Waals surface area (Å²) in [4.78, 5) is 35.9. The molecule has 6 nitrogen and oxygen atoms in total. The average Bonchev–Trinajstić information content (AvgIpc) is 2.98.